The molecule has 8 heteroatoms. The summed E-state index contributed by atoms with van der Waals surface area (Å²) in [5.41, 5.74) is 5.52. The molecule has 8 nitrogen and oxygen atoms in total. The van der Waals surface area contributed by atoms with Gasteiger partial charge < -0.3 is 15.8 Å². The van der Waals surface area contributed by atoms with Gasteiger partial charge >= 0.3 is 5.69 Å². The standard InChI is InChI=1S/C11H15N5O3/c1-2-15(8-3-4-8)11-9(16(18)19)5-7(6-13-11)10(12)14-17/h5-6,8,17H,2-4H2,1H3,(H2,12,14). The number of pyridine rings is 1. The molecule has 102 valence electrons. The summed E-state index contributed by atoms with van der Waals surface area (Å²) in [6.07, 6.45) is 3.42. The van der Waals surface area contributed by atoms with Gasteiger partial charge in [0.15, 0.2) is 5.84 Å². The maximum absolute atomic E-state index is 11.1. The van der Waals surface area contributed by atoms with E-state index in [0.717, 1.165) is 12.8 Å². The van der Waals surface area contributed by atoms with Crippen LogP contribution < -0.4 is 10.6 Å². The van der Waals surface area contributed by atoms with Crippen molar-refractivity contribution in [1.82, 2.24) is 4.98 Å². The Hall–Kier alpha value is -2.38. The number of nitrogens with two attached hydrogens (primary N) is 1. The Labute approximate surface area is 109 Å². The van der Waals surface area contributed by atoms with Crippen molar-refractivity contribution in [2.75, 3.05) is 11.4 Å². The highest BCUT2D eigenvalue weighted by molar-refractivity contribution is 5.97. The number of hydrogen-bond donors (Lipinski definition) is 2. The second kappa shape index (κ2) is 5.09. The average molecular weight is 265 g/mol. The number of oxime groups is 1. The normalized spacial score (nSPS) is 15.3. The molecule has 1 saturated carbocycles. The third-order valence-corrected chi connectivity index (χ3v) is 3.05. The Morgan fingerprint density at radius 2 is 2.42 bits per heavy atom. The van der Waals surface area contributed by atoms with Gasteiger partial charge in [-0.15, -0.1) is 0 Å². The Balaban J connectivity index is 2.45. The fraction of sp³-hybridized carbons (Fsp3) is 0.455. The summed E-state index contributed by atoms with van der Waals surface area (Å²) in [4.78, 5) is 16.7. The highest BCUT2D eigenvalue weighted by Gasteiger charge is 2.33. The summed E-state index contributed by atoms with van der Waals surface area (Å²) in [6, 6.07) is 1.61. The van der Waals surface area contributed by atoms with Gasteiger partial charge in [0.1, 0.15) is 0 Å². The SMILES string of the molecule is CCN(c1ncc(C(N)=NO)cc1[N+](=O)[O-])C1CC1. The molecule has 2 rings (SSSR count). The first-order valence-electron chi connectivity index (χ1n) is 5.97. The maximum atomic E-state index is 11.1. The molecule has 3 N–H and O–H groups in total. The van der Waals surface area contributed by atoms with Crippen LogP contribution in [0.2, 0.25) is 0 Å². The van der Waals surface area contributed by atoms with Crippen molar-refractivity contribution < 1.29 is 10.1 Å². The summed E-state index contributed by atoms with van der Waals surface area (Å²) < 4.78 is 0. The number of nitrogens with zero attached hydrogens (tertiary/aromatic N) is 4. The molecule has 0 radical (unpaired) electrons. The van der Waals surface area contributed by atoms with Crippen LogP contribution in [0.25, 0.3) is 0 Å². The molecule has 1 aromatic heterocycles. The molecule has 1 aromatic rings. The van der Waals surface area contributed by atoms with Crippen LogP contribution >= 0.6 is 0 Å². The van der Waals surface area contributed by atoms with Crippen LogP contribution in [0.5, 0.6) is 0 Å². The van der Waals surface area contributed by atoms with Gasteiger partial charge in [-0.1, -0.05) is 5.16 Å². The monoisotopic (exact) mass is 265 g/mol. The lowest BCUT2D eigenvalue weighted by Gasteiger charge is -2.21. The molecule has 1 aliphatic carbocycles. The summed E-state index contributed by atoms with van der Waals surface area (Å²) in [6.45, 7) is 2.59. The highest BCUT2D eigenvalue weighted by Crippen LogP contribution is 2.35. The van der Waals surface area contributed by atoms with E-state index >= 15 is 0 Å². The molecular weight excluding hydrogens is 250 g/mol. The minimum atomic E-state index is -0.498. The highest BCUT2D eigenvalue weighted by atomic mass is 16.6. The van der Waals surface area contributed by atoms with E-state index in [2.05, 4.69) is 10.1 Å². The Bertz CT molecular complexity index is 527. The maximum Gasteiger partial charge on any atom is 0.312 e. The van der Waals surface area contributed by atoms with Crippen LogP contribution in [0.3, 0.4) is 0 Å². The third kappa shape index (κ3) is 2.56. The zero-order valence-corrected chi connectivity index (χ0v) is 10.5. The van der Waals surface area contributed by atoms with E-state index in [0.29, 0.717) is 18.4 Å². The van der Waals surface area contributed by atoms with Crippen molar-refractivity contribution in [1.29, 1.82) is 0 Å². The van der Waals surface area contributed by atoms with Gasteiger partial charge in [0.05, 0.1) is 4.92 Å². The van der Waals surface area contributed by atoms with E-state index in [9.17, 15) is 10.1 Å². The van der Waals surface area contributed by atoms with Crippen molar-refractivity contribution in [3.63, 3.8) is 0 Å². The summed E-state index contributed by atoms with van der Waals surface area (Å²) in [5, 5.41) is 22.6. The van der Waals surface area contributed by atoms with E-state index in [1.165, 1.54) is 12.3 Å². The smallest absolute Gasteiger partial charge is 0.312 e. The lowest BCUT2D eigenvalue weighted by atomic mass is 10.2. The second-order valence-electron chi connectivity index (χ2n) is 4.33. The Morgan fingerprint density at radius 1 is 1.74 bits per heavy atom. The van der Waals surface area contributed by atoms with Crippen molar-refractivity contribution in [2.45, 2.75) is 25.8 Å². The zero-order chi connectivity index (χ0) is 14.0. The summed E-state index contributed by atoms with van der Waals surface area (Å²) in [7, 11) is 0. The molecular formula is C11H15N5O3. The second-order valence-corrected chi connectivity index (χ2v) is 4.33. The van der Waals surface area contributed by atoms with Crippen molar-refractivity contribution >= 4 is 17.3 Å². The molecule has 0 spiro atoms. The van der Waals surface area contributed by atoms with Crippen molar-refractivity contribution in [2.24, 2.45) is 10.9 Å². The fourth-order valence-corrected chi connectivity index (χ4v) is 1.97. The van der Waals surface area contributed by atoms with Crippen LogP contribution in [-0.4, -0.2) is 33.5 Å². The Morgan fingerprint density at radius 3 is 2.89 bits per heavy atom. The van der Waals surface area contributed by atoms with E-state index in [1.54, 1.807) is 0 Å². The predicted molar refractivity (Wildman–Crippen MR) is 69.4 cm³/mol. The summed E-state index contributed by atoms with van der Waals surface area (Å²) in [5.74, 6) is 0.140. The van der Waals surface area contributed by atoms with Crippen molar-refractivity contribution in [3.8, 4) is 0 Å². The lowest BCUT2D eigenvalue weighted by molar-refractivity contribution is -0.384. The molecule has 0 atom stereocenters. The average Bonchev–Trinajstić information content (AvgIpc) is 3.23. The number of hydrogen-bond acceptors (Lipinski definition) is 6. The number of anilines is 1. The molecule has 0 aliphatic heterocycles. The number of rotatable bonds is 5. The number of aromatic nitrogens is 1. The van der Waals surface area contributed by atoms with Crippen LogP contribution in [0, 0.1) is 10.1 Å². The van der Waals surface area contributed by atoms with Gasteiger partial charge in [-0.2, -0.15) is 0 Å². The molecule has 0 amide bonds. The van der Waals surface area contributed by atoms with Crippen LogP contribution in [-0.2, 0) is 0 Å². The minimum Gasteiger partial charge on any atom is -0.409 e. The molecule has 0 unspecified atom stereocenters. The molecule has 1 aliphatic rings. The first-order chi connectivity index (χ1) is 9.08. The minimum absolute atomic E-state index is 0.127. The van der Waals surface area contributed by atoms with Crippen LogP contribution in [0.15, 0.2) is 17.4 Å². The van der Waals surface area contributed by atoms with E-state index in [-0.39, 0.29) is 17.1 Å². The molecule has 19 heavy (non-hydrogen) atoms. The van der Waals surface area contributed by atoms with E-state index in [4.69, 9.17) is 10.9 Å². The van der Waals surface area contributed by atoms with Crippen LogP contribution in [0.1, 0.15) is 25.3 Å². The first-order valence-corrected chi connectivity index (χ1v) is 5.97. The number of nitro groups is 1. The van der Waals surface area contributed by atoms with E-state index in [1.807, 2.05) is 11.8 Å². The quantitative estimate of drug-likeness (QED) is 0.270. The third-order valence-electron chi connectivity index (χ3n) is 3.05. The lowest BCUT2D eigenvalue weighted by Crippen LogP contribution is -2.27. The molecule has 1 heterocycles. The van der Waals surface area contributed by atoms with Gasteiger partial charge in [0.2, 0.25) is 5.82 Å². The molecule has 0 bridgehead atoms. The molecule has 0 saturated heterocycles. The predicted octanol–water partition coefficient (Wildman–Crippen LogP) is 1.07. The topological polar surface area (TPSA) is 118 Å². The largest absolute Gasteiger partial charge is 0.409 e. The summed E-state index contributed by atoms with van der Waals surface area (Å²) >= 11 is 0. The van der Waals surface area contributed by atoms with E-state index < -0.39 is 4.92 Å². The number of amidine groups is 1. The fourth-order valence-electron chi connectivity index (χ4n) is 1.97. The van der Waals surface area contributed by atoms with Gasteiger partial charge in [-0.05, 0) is 19.8 Å². The molecule has 1 fully saturated rings. The zero-order valence-electron chi connectivity index (χ0n) is 10.5. The Kier molecular flexibility index (Phi) is 3.50. The van der Waals surface area contributed by atoms with Crippen LogP contribution in [0.4, 0.5) is 11.5 Å². The van der Waals surface area contributed by atoms with Gasteiger partial charge in [-0.25, -0.2) is 4.98 Å². The van der Waals surface area contributed by atoms with Gasteiger partial charge in [0, 0.05) is 30.4 Å². The van der Waals surface area contributed by atoms with Gasteiger partial charge in [0.25, 0.3) is 0 Å². The molecule has 0 aromatic carbocycles. The van der Waals surface area contributed by atoms with Gasteiger partial charge in [-0.3, -0.25) is 10.1 Å². The first kappa shape index (κ1) is 13.1. The van der Waals surface area contributed by atoms with Crippen molar-refractivity contribution in [3.05, 3.63) is 27.9 Å².